The quantitative estimate of drug-likeness (QED) is 0.139. The number of fused-ring (bicyclic) bond motifs is 10. The first-order valence-electron chi connectivity index (χ1n) is 30.6. The van der Waals surface area contributed by atoms with Crippen LogP contribution in [-0.4, -0.2) is 48.2 Å². The van der Waals surface area contributed by atoms with Crippen molar-refractivity contribution in [2.45, 2.75) is 38.9 Å². The van der Waals surface area contributed by atoms with Crippen molar-refractivity contribution in [2.75, 3.05) is 0 Å². The van der Waals surface area contributed by atoms with Crippen molar-refractivity contribution in [1.29, 1.82) is 0 Å². The summed E-state index contributed by atoms with van der Waals surface area (Å²) in [5.74, 6) is 3.88. The van der Waals surface area contributed by atoms with Crippen LogP contribution in [0.5, 0.6) is 0 Å². The van der Waals surface area contributed by atoms with E-state index in [9.17, 15) is 0 Å². The van der Waals surface area contributed by atoms with Crippen molar-refractivity contribution in [1.82, 2.24) is 29.9 Å². The van der Waals surface area contributed by atoms with Gasteiger partial charge in [-0.2, -0.15) is 0 Å². The van der Waals surface area contributed by atoms with E-state index in [0.29, 0.717) is 34.9 Å². The number of thiophene rings is 2. The van der Waals surface area contributed by atoms with E-state index >= 15 is 0 Å². The topological polar surface area (TPSA) is 95.8 Å². The Morgan fingerprint density at radius 3 is 1.10 bits per heavy atom. The molecular formula is C80H58BClN6O2S2. The van der Waals surface area contributed by atoms with Crippen molar-refractivity contribution in [3.63, 3.8) is 0 Å². The second-order valence-corrected chi connectivity index (χ2v) is 26.2. The average Bonchev–Trinajstić information content (AvgIpc) is 1.57. The zero-order valence-corrected chi connectivity index (χ0v) is 53.2. The molecule has 0 atom stereocenters. The lowest BCUT2D eigenvalue weighted by Gasteiger charge is -2.32. The zero-order chi connectivity index (χ0) is 62.3. The normalized spacial score (nSPS) is 13.3. The van der Waals surface area contributed by atoms with Crippen LogP contribution in [0.4, 0.5) is 0 Å². The Labute approximate surface area is 546 Å². The first kappa shape index (κ1) is 58.3. The van der Waals surface area contributed by atoms with E-state index in [2.05, 4.69) is 149 Å². The third-order valence-corrected chi connectivity index (χ3v) is 20.0. The lowest BCUT2D eigenvalue weighted by atomic mass is 9.78. The molecular weight excluding hydrogens is 1190 g/mol. The zero-order valence-electron chi connectivity index (χ0n) is 50.8. The molecule has 1 aliphatic heterocycles. The summed E-state index contributed by atoms with van der Waals surface area (Å²) in [6, 6.07) is 95.5. The van der Waals surface area contributed by atoms with Gasteiger partial charge in [-0.05, 0) is 73.9 Å². The molecule has 1 fully saturated rings. The second kappa shape index (κ2) is 24.6. The number of benzene rings is 12. The fourth-order valence-corrected chi connectivity index (χ4v) is 14.5. The summed E-state index contributed by atoms with van der Waals surface area (Å²) in [5, 5.41) is 11.0. The van der Waals surface area contributed by atoms with Crippen LogP contribution in [0.3, 0.4) is 0 Å². The van der Waals surface area contributed by atoms with Gasteiger partial charge < -0.3 is 9.31 Å². The third kappa shape index (κ3) is 11.4. The molecule has 17 rings (SSSR count). The second-order valence-electron chi connectivity index (χ2n) is 23.7. The molecule has 12 aromatic carbocycles. The van der Waals surface area contributed by atoms with Crippen molar-refractivity contribution in [2.24, 2.45) is 0 Å². The summed E-state index contributed by atoms with van der Waals surface area (Å²) in [7, 11) is -0.445. The molecule has 12 heteroatoms. The minimum Gasteiger partial charge on any atom is -0.399 e. The van der Waals surface area contributed by atoms with Gasteiger partial charge >= 0.3 is 7.12 Å². The lowest BCUT2D eigenvalue weighted by molar-refractivity contribution is 0.00578. The van der Waals surface area contributed by atoms with Crippen molar-refractivity contribution < 1.29 is 9.31 Å². The largest absolute Gasteiger partial charge is 0.494 e. The summed E-state index contributed by atoms with van der Waals surface area (Å²) < 4.78 is 17.8. The van der Waals surface area contributed by atoms with Crippen LogP contribution in [0.25, 0.3) is 141 Å². The molecule has 16 aromatic rings. The SMILES string of the molecule is CC1(C)OB(c2cccc(-c3nc(-c4ccccc4)nc(-c4ccccc4)n3)c2)OC1(C)C.Clc1cccc2c1ccc1c3ccccc3sc21.c1ccc(-c2nc(-c3ccccc3)nc(-c3cccc(-c4cccc5c4ccc4c6ccccc6sc54)c3)n2)cc1. The van der Waals surface area contributed by atoms with Gasteiger partial charge in [0.2, 0.25) is 0 Å². The predicted molar refractivity (Wildman–Crippen MR) is 386 cm³/mol. The molecule has 92 heavy (non-hydrogen) atoms. The van der Waals surface area contributed by atoms with E-state index in [4.69, 9.17) is 50.8 Å². The molecule has 1 saturated heterocycles. The Hall–Kier alpha value is -10.1. The number of halogens is 1. The summed E-state index contributed by atoms with van der Waals surface area (Å²) in [4.78, 5) is 29.1. The lowest BCUT2D eigenvalue weighted by Crippen LogP contribution is -2.41. The molecule has 0 spiro atoms. The van der Waals surface area contributed by atoms with Crippen LogP contribution in [0.2, 0.25) is 5.02 Å². The minimum absolute atomic E-state index is 0.401. The molecule has 0 unspecified atom stereocenters. The van der Waals surface area contributed by atoms with Crippen LogP contribution in [0.15, 0.2) is 279 Å². The number of hydrogen-bond donors (Lipinski definition) is 0. The average molecular weight is 1250 g/mol. The molecule has 4 aromatic heterocycles. The smallest absolute Gasteiger partial charge is 0.399 e. The van der Waals surface area contributed by atoms with E-state index in [1.54, 1.807) is 0 Å². The summed E-state index contributed by atoms with van der Waals surface area (Å²) in [6.45, 7) is 8.23. The van der Waals surface area contributed by atoms with Crippen molar-refractivity contribution in [3.05, 3.63) is 284 Å². The van der Waals surface area contributed by atoms with Crippen molar-refractivity contribution in [3.8, 4) is 79.5 Å². The maximum atomic E-state index is 6.26. The Bertz CT molecular complexity index is 5270. The van der Waals surface area contributed by atoms with Gasteiger partial charge in [-0.25, -0.2) is 29.9 Å². The fraction of sp³-hybridized carbons (Fsp3) is 0.0750. The van der Waals surface area contributed by atoms with E-state index in [1.807, 2.05) is 180 Å². The molecule has 0 aliphatic carbocycles. The van der Waals surface area contributed by atoms with E-state index in [-0.39, 0.29) is 0 Å². The highest BCUT2D eigenvalue weighted by atomic mass is 35.5. The molecule has 1 aliphatic rings. The first-order chi connectivity index (χ1) is 45.0. The number of nitrogens with zero attached hydrogens (tertiary/aromatic N) is 6. The highest BCUT2D eigenvalue weighted by molar-refractivity contribution is 7.27. The fourth-order valence-electron chi connectivity index (χ4n) is 11.8. The first-order valence-corrected chi connectivity index (χ1v) is 32.6. The van der Waals surface area contributed by atoms with Crippen LogP contribution in [0, 0.1) is 0 Å². The van der Waals surface area contributed by atoms with Crippen LogP contribution < -0.4 is 5.46 Å². The standard InChI is InChI=1S/C37H23N3S.C27H26BN3O2.C16H9ClS/c1-3-11-24(12-4-1)35-38-36(25-13-5-2-6-14-25)40-37(39-35)27-16-9-15-26(23-27)28-18-10-19-31-29(28)21-22-32-30-17-7-8-20-33(30)41-34(31)32;1-26(2)27(3,4)33-28(32-26)22-17-11-16-21(18-22)25-30-23(19-12-7-5-8-13-19)29-24(31-25)20-14-9-6-10-15-20;17-14-6-3-5-12-10(14)8-9-13-11-4-1-2-7-15(11)18-16(12)13/h1-23H;5-18H,1-4H3;1-9H. The highest BCUT2D eigenvalue weighted by Gasteiger charge is 2.51. The van der Waals surface area contributed by atoms with Gasteiger partial charge in [-0.15, -0.1) is 22.7 Å². The Kier molecular flexibility index (Phi) is 15.6. The molecule has 442 valence electrons. The van der Waals surface area contributed by atoms with E-state index < -0.39 is 18.3 Å². The molecule has 0 bridgehead atoms. The summed E-state index contributed by atoms with van der Waals surface area (Å²) in [5.41, 5.74) is 8.13. The van der Waals surface area contributed by atoms with Crippen molar-refractivity contribution >= 4 is 109 Å². The van der Waals surface area contributed by atoms with Gasteiger partial charge in [0.05, 0.1) is 11.2 Å². The Morgan fingerprint density at radius 1 is 0.293 bits per heavy atom. The highest BCUT2D eigenvalue weighted by Crippen LogP contribution is 2.43. The van der Waals surface area contributed by atoms with Gasteiger partial charge in [-0.1, -0.05) is 266 Å². The van der Waals surface area contributed by atoms with Gasteiger partial charge in [0.15, 0.2) is 34.9 Å². The molecule has 0 radical (unpaired) electrons. The number of aromatic nitrogens is 6. The Balaban J connectivity index is 0.000000123. The van der Waals surface area contributed by atoms with Crippen LogP contribution in [-0.2, 0) is 9.31 Å². The molecule has 5 heterocycles. The molecule has 0 amide bonds. The minimum atomic E-state index is -0.445. The van der Waals surface area contributed by atoms with E-state index in [0.717, 1.165) is 54.8 Å². The van der Waals surface area contributed by atoms with Gasteiger partial charge in [0, 0.05) is 94.9 Å². The van der Waals surface area contributed by atoms with Crippen LogP contribution >= 0.6 is 34.3 Å². The maximum absolute atomic E-state index is 6.26. The summed E-state index contributed by atoms with van der Waals surface area (Å²) in [6.07, 6.45) is 0. The number of rotatable bonds is 8. The van der Waals surface area contributed by atoms with E-state index in [1.165, 1.54) is 62.1 Å². The van der Waals surface area contributed by atoms with Crippen LogP contribution in [0.1, 0.15) is 27.7 Å². The Morgan fingerprint density at radius 2 is 0.620 bits per heavy atom. The van der Waals surface area contributed by atoms with Gasteiger partial charge in [0.1, 0.15) is 0 Å². The summed E-state index contributed by atoms with van der Waals surface area (Å²) >= 11 is 9.97. The molecule has 8 nitrogen and oxygen atoms in total. The molecule has 0 N–H and O–H groups in total. The number of hydrogen-bond acceptors (Lipinski definition) is 10. The predicted octanol–water partition coefficient (Wildman–Crippen LogP) is 21.1. The third-order valence-electron chi connectivity index (χ3n) is 17.3. The molecule has 0 saturated carbocycles. The monoisotopic (exact) mass is 1240 g/mol. The van der Waals surface area contributed by atoms with Gasteiger partial charge in [-0.3, -0.25) is 0 Å². The van der Waals surface area contributed by atoms with Gasteiger partial charge in [0.25, 0.3) is 0 Å². The maximum Gasteiger partial charge on any atom is 0.494 e.